The Hall–Kier alpha value is -2.83. The monoisotopic (exact) mass is 308 g/mol. The van der Waals surface area contributed by atoms with Gasteiger partial charge in [-0.2, -0.15) is 13.2 Å². The molecule has 1 aromatic carbocycles. The fourth-order valence-corrected chi connectivity index (χ4v) is 1.62. The van der Waals surface area contributed by atoms with E-state index in [1.165, 1.54) is 6.07 Å². The highest BCUT2D eigenvalue weighted by Crippen LogP contribution is 2.30. The molecule has 0 bridgehead atoms. The Labute approximate surface area is 124 Å². The summed E-state index contributed by atoms with van der Waals surface area (Å²) in [6.07, 6.45) is -3.77. The van der Waals surface area contributed by atoms with Crippen molar-refractivity contribution in [3.05, 3.63) is 60.3 Å². The number of ether oxygens (including phenoxy) is 1. The first kappa shape index (κ1) is 15.6. The van der Waals surface area contributed by atoms with Crippen LogP contribution in [-0.4, -0.2) is 10.9 Å². The minimum Gasteiger partial charge on any atom is -0.439 e. The molecule has 0 aliphatic carbocycles. The number of hydrogen-bond donors (Lipinski definition) is 1. The van der Waals surface area contributed by atoms with Crippen molar-refractivity contribution in [2.45, 2.75) is 6.18 Å². The SMILES string of the molecule is C=C(C(N)=O)c1cccc(Oc2ccc(C(F)(F)F)cn2)c1. The predicted molar refractivity (Wildman–Crippen MR) is 74.0 cm³/mol. The maximum atomic E-state index is 12.4. The highest BCUT2D eigenvalue weighted by Gasteiger charge is 2.30. The van der Waals surface area contributed by atoms with Crippen molar-refractivity contribution in [3.8, 4) is 11.6 Å². The maximum Gasteiger partial charge on any atom is 0.417 e. The molecular formula is C15H11F3N2O2. The Morgan fingerprint density at radius 1 is 1.23 bits per heavy atom. The number of primary amides is 1. The van der Waals surface area contributed by atoms with Crippen LogP contribution in [0.2, 0.25) is 0 Å². The van der Waals surface area contributed by atoms with E-state index in [2.05, 4.69) is 11.6 Å². The number of pyridine rings is 1. The van der Waals surface area contributed by atoms with Crippen LogP contribution >= 0.6 is 0 Å². The average Bonchev–Trinajstić information content (AvgIpc) is 2.46. The molecule has 2 N–H and O–H groups in total. The molecule has 1 heterocycles. The van der Waals surface area contributed by atoms with Gasteiger partial charge < -0.3 is 10.5 Å². The lowest BCUT2D eigenvalue weighted by Crippen LogP contribution is -2.11. The summed E-state index contributed by atoms with van der Waals surface area (Å²) in [7, 11) is 0. The Morgan fingerprint density at radius 2 is 1.95 bits per heavy atom. The van der Waals surface area contributed by atoms with E-state index in [9.17, 15) is 18.0 Å². The molecule has 0 aliphatic heterocycles. The maximum absolute atomic E-state index is 12.4. The fourth-order valence-electron chi connectivity index (χ4n) is 1.62. The van der Waals surface area contributed by atoms with Crippen LogP contribution < -0.4 is 10.5 Å². The van der Waals surface area contributed by atoms with Crippen molar-refractivity contribution in [2.24, 2.45) is 5.73 Å². The van der Waals surface area contributed by atoms with Crippen molar-refractivity contribution in [3.63, 3.8) is 0 Å². The topological polar surface area (TPSA) is 65.2 Å². The van der Waals surface area contributed by atoms with Crippen molar-refractivity contribution in [1.29, 1.82) is 0 Å². The quantitative estimate of drug-likeness (QED) is 0.880. The van der Waals surface area contributed by atoms with Crippen LogP contribution in [0.5, 0.6) is 11.6 Å². The number of amides is 1. The number of nitrogens with zero attached hydrogens (tertiary/aromatic N) is 1. The van der Waals surface area contributed by atoms with Crippen LogP contribution in [0.25, 0.3) is 5.57 Å². The molecule has 4 nitrogen and oxygen atoms in total. The number of aromatic nitrogens is 1. The second-order valence-electron chi connectivity index (χ2n) is 4.36. The van der Waals surface area contributed by atoms with Gasteiger partial charge in [0.05, 0.1) is 5.56 Å². The molecule has 0 radical (unpaired) electrons. The second kappa shape index (κ2) is 5.88. The molecule has 7 heteroatoms. The number of benzene rings is 1. The molecule has 0 saturated heterocycles. The lowest BCUT2D eigenvalue weighted by Gasteiger charge is -2.09. The summed E-state index contributed by atoms with van der Waals surface area (Å²) < 4.78 is 42.6. The second-order valence-corrected chi connectivity index (χ2v) is 4.36. The van der Waals surface area contributed by atoms with Crippen LogP contribution in [0.1, 0.15) is 11.1 Å². The van der Waals surface area contributed by atoms with Gasteiger partial charge in [0.1, 0.15) is 5.75 Å². The van der Waals surface area contributed by atoms with Crippen LogP contribution in [0.4, 0.5) is 13.2 Å². The minimum absolute atomic E-state index is 0.00478. The lowest BCUT2D eigenvalue weighted by atomic mass is 10.1. The van der Waals surface area contributed by atoms with E-state index in [0.29, 0.717) is 17.5 Å². The van der Waals surface area contributed by atoms with Crippen molar-refractivity contribution < 1.29 is 22.7 Å². The zero-order valence-corrected chi connectivity index (χ0v) is 11.2. The van der Waals surface area contributed by atoms with Gasteiger partial charge in [-0.25, -0.2) is 4.98 Å². The zero-order chi connectivity index (χ0) is 16.3. The molecule has 22 heavy (non-hydrogen) atoms. The van der Waals surface area contributed by atoms with Gasteiger partial charge >= 0.3 is 6.18 Å². The number of hydrogen-bond acceptors (Lipinski definition) is 3. The number of carbonyl (C=O) groups excluding carboxylic acids is 1. The fraction of sp³-hybridized carbons (Fsp3) is 0.0667. The predicted octanol–water partition coefficient (Wildman–Crippen LogP) is 3.39. The molecule has 2 rings (SSSR count). The van der Waals surface area contributed by atoms with E-state index in [1.807, 2.05) is 0 Å². The molecule has 0 unspecified atom stereocenters. The Kier molecular flexibility index (Phi) is 4.16. The van der Waals surface area contributed by atoms with Gasteiger partial charge in [0, 0.05) is 17.8 Å². The summed E-state index contributed by atoms with van der Waals surface area (Å²) >= 11 is 0. The van der Waals surface area contributed by atoms with E-state index in [4.69, 9.17) is 10.5 Å². The molecule has 114 valence electrons. The molecule has 2 aromatic rings. The molecule has 1 aromatic heterocycles. The zero-order valence-electron chi connectivity index (χ0n) is 11.2. The first-order valence-electron chi connectivity index (χ1n) is 6.07. The van der Waals surface area contributed by atoms with E-state index < -0.39 is 17.6 Å². The molecule has 0 spiro atoms. The summed E-state index contributed by atoms with van der Waals surface area (Å²) in [5.41, 5.74) is 4.82. The standard InChI is InChI=1S/C15H11F3N2O2/c1-9(14(19)21)10-3-2-4-12(7-10)22-13-6-5-11(8-20-13)15(16,17)18/h2-8H,1H2,(H2,19,21). The summed E-state index contributed by atoms with van der Waals surface area (Å²) in [5, 5.41) is 0. The highest BCUT2D eigenvalue weighted by molar-refractivity contribution is 6.17. The van der Waals surface area contributed by atoms with Gasteiger partial charge in [-0.05, 0) is 23.8 Å². The largest absolute Gasteiger partial charge is 0.439 e. The van der Waals surface area contributed by atoms with Gasteiger partial charge in [-0.15, -0.1) is 0 Å². The smallest absolute Gasteiger partial charge is 0.417 e. The summed E-state index contributed by atoms with van der Waals surface area (Å²) in [6, 6.07) is 8.25. The summed E-state index contributed by atoms with van der Waals surface area (Å²) in [5.74, 6) is -0.383. The van der Waals surface area contributed by atoms with Crippen LogP contribution in [0, 0.1) is 0 Å². The third-order valence-electron chi connectivity index (χ3n) is 2.77. The van der Waals surface area contributed by atoms with E-state index >= 15 is 0 Å². The number of nitrogens with two attached hydrogens (primary N) is 1. The van der Waals surface area contributed by atoms with E-state index in [-0.39, 0.29) is 11.5 Å². The molecular weight excluding hydrogens is 297 g/mol. The molecule has 0 aliphatic rings. The summed E-state index contributed by atoms with van der Waals surface area (Å²) in [6.45, 7) is 3.54. The molecule has 0 fully saturated rings. The first-order chi connectivity index (χ1) is 10.3. The van der Waals surface area contributed by atoms with E-state index in [1.54, 1.807) is 18.2 Å². The number of alkyl halides is 3. The van der Waals surface area contributed by atoms with Crippen molar-refractivity contribution >= 4 is 11.5 Å². The third-order valence-corrected chi connectivity index (χ3v) is 2.77. The minimum atomic E-state index is -4.45. The van der Waals surface area contributed by atoms with Gasteiger partial charge in [0.15, 0.2) is 0 Å². The number of carbonyl (C=O) groups is 1. The van der Waals surface area contributed by atoms with Crippen LogP contribution in [-0.2, 0) is 11.0 Å². The Bertz CT molecular complexity index is 709. The molecule has 0 saturated carbocycles. The summed E-state index contributed by atoms with van der Waals surface area (Å²) in [4.78, 5) is 14.7. The lowest BCUT2D eigenvalue weighted by molar-refractivity contribution is -0.137. The number of rotatable bonds is 4. The number of halogens is 3. The van der Waals surface area contributed by atoms with Gasteiger partial charge in [-0.3, -0.25) is 4.79 Å². The van der Waals surface area contributed by atoms with Gasteiger partial charge in [0.25, 0.3) is 0 Å². The molecule has 1 amide bonds. The van der Waals surface area contributed by atoms with E-state index in [0.717, 1.165) is 12.1 Å². The average molecular weight is 308 g/mol. The first-order valence-corrected chi connectivity index (χ1v) is 6.07. The van der Waals surface area contributed by atoms with Gasteiger partial charge in [0.2, 0.25) is 11.8 Å². The molecule has 0 atom stereocenters. The Balaban J connectivity index is 2.19. The Morgan fingerprint density at radius 3 is 2.50 bits per heavy atom. The van der Waals surface area contributed by atoms with Crippen LogP contribution in [0.3, 0.4) is 0 Å². The van der Waals surface area contributed by atoms with Crippen molar-refractivity contribution in [2.75, 3.05) is 0 Å². The van der Waals surface area contributed by atoms with Crippen LogP contribution in [0.15, 0.2) is 49.2 Å². The third kappa shape index (κ3) is 3.63. The van der Waals surface area contributed by atoms with Crippen molar-refractivity contribution in [1.82, 2.24) is 4.98 Å². The normalized spacial score (nSPS) is 11.0. The van der Waals surface area contributed by atoms with Gasteiger partial charge in [-0.1, -0.05) is 18.7 Å². The highest BCUT2D eigenvalue weighted by atomic mass is 19.4.